The minimum absolute atomic E-state index is 0.00760. The summed E-state index contributed by atoms with van der Waals surface area (Å²) in [5.41, 5.74) is 0. The molecule has 0 spiro atoms. The molecule has 0 bridgehead atoms. The van der Waals surface area contributed by atoms with E-state index in [1.165, 1.54) is 6.42 Å². The van der Waals surface area contributed by atoms with Gasteiger partial charge in [-0.25, -0.2) is 4.79 Å². The number of hydrogen-bond donors (Lipinski definition) is 3. The zero-order valence-electron chi connectivity index (χ0n) is 14.6. The number of nitrogens with one attached hydrogen (secondary N) is 3. The van der Waals surface area contributed by atoms with E-state index in [9.17, 15) is 9.59 Å². The van der Waals surface area contributed by atoms with Crippen molar-refractivity contribution in [2.24, 2.45) is 5.92 Å². The molecule has 0 aromatic carbocycles. The molecule has 7 nitrogen and oxygen atoms in total. The number of hydrogen-bond acceptors (Lipinski definition) is 3. The fourth-order valence-electron chi connectivity index (χ4n) is 3.00. The minimum atomic E-state index is -0.144. The number of amides is 3. The van der Waals surface area contributed by atoms with Gasteiger partial charge in [0.2, 0.25) is 5.91 Å². The summed E-state index contributed by atoms with van der Waals surface area (Å²) >= 11 is 0. The molecule has 1 heterocycles. The molecule has 3 N–H and O–H groups in total. The topological polar surface area (TPSA) is 88.0 Å². The van der Waals surface area contributed by atoms with Crippen molar-refractivity contribution in [3.8, 4) is 0 Å². The van der Waals surface area contributed by atoms with E-state index in [2.05, 4.69) is 21.0 Å². The number of urea groups is 1. The van der Waals surface area contributed by atoms with Gasteiger partial charge < -0.3 is 16.0 Å². The molecule has 0 saturated heterocycles. The SMILES string of the molecule is CC(C)C(=O)NCCCNC(=O)N[C@H]1CCCC[C@@H]1n1cccn1. The Kier molecular flexibility index (Phi) is 7.08. The summed E-state index contributed by atoms with van der Waals surface area (Å²) in [5, 5.41) is 13.1. The van der Waals surface area contributed by atoms with Crippen molar-refractivity contribution >= 4 is 11.9 Å². The molecule has 1 aliphatic carbocycles. The number of aromatic nitrogens is 2. The van der Waals surface area contributed by atoms with E-state index in [0.29, 0.717) is 13.1 Å². The summed E-state index contributed by atoms with van der Waals surface area (Å²) < 4.78 is 1.95. The summed E-state index contributed by atoms with van der Waals surface area (Å²) in [6.45, 7) is 4.85. The Morgan fingerprint density at radius 1 is 1.21 bits per heavy atom. The summed E-state index contributed by atoms with van der Waals surface area (Å²) in [5.74, 6) is 0.0375. The van der Waals surface area contributed by atoms with Crippen LogP contribution in [0.2, 0.25) is 0 Å². The van der Waals surface area contributed by atoms with E-state index in [1.807, 2.05) is 30.8 Å². The first kappa shape index (κ1) is 18.3. The smallest absolute Gasteiger partial charge is 0.315 e. The van der Waals surface area contributed by atoms with Crippen molar-refractivity contribution in [2.45, 2.75) is 58.0 Å². The molecule has 1 aromatic heterocycles. The predicted octanol–water partition coefficient (Wildman–Crippen LogP) is 1.83. The summed E-state index contributed by atoms with van der Waals surface area (Å²) in [4.78, 5) is 23.5. The average Bonchev–Trinajstić information content (AvgIpc) is 3.09. The number of rotatable bonds is 7. The molecule has 1 saturated carbocycles. The first-order valence-electron chi connectivity index (χ1n) is 8.89. The van der Waals surface area contributed by atoms with E-state index < -0.39 is 0 Å². The second-order valence-corrected chi connectivity index (χ2v) is 6.64. The van der Waals surface area contributed by atoms with Crippen LogP contribution in [0.1, 0.15) is 52.0 Å². The van der Waals surface area contributed by atoms with Crippen LogP contribution >= 0.6 is 0 Å². The van der Waals surface area contributed by atoms with Crippen LogP contribution in [0, 0.1) is 5.92 Å². The molecule has 1 aliphatic rings. The number of nitrogens with zero attached hydrogens (tertiary/aromatic N) is 2. The highest BCUT2D eigenvalue weighted by Crippen LogP contribution is 2.27. The van der Waals surface area contributed by atoms with E-state index in [4.69, 9.17) is 0 Å². The van der Waals surface area contributed by atoms with Gasteiger partial charge in [0.25, 0.3) is 0 Å². The third-order valence-corrected chi connectivity index (χ3v) is 4.37. The average molecular weight is 335 g/mol. The zero-order valence-corrected chi connectivity index (χ0v) is 14.6. The van der Waals surface area contributed by atoms with Crippen molar-refractivity contribution in [1.29, 1.82) is 0 Å². The lowest BCUT2D eigenvalue weighted by Gasteiger charge is -2.32. The van der Waals surface area contributed by atoms with Crippen LogP contribution < -0.4 is 16.0 Å². The molecule has 24 heavy (non-hydrogen) atoms. The second kappa shape index (κ2) is 9.30. The molecule has 1 fully saturated rings. The third kappa shape index (κ3) is 5.54. The van der Waals surface area contributed by atoms with E-state index >= 15 is 0 Å². The molecule has 0 unspecified atom stereocenters. The van der Waals surface area contributed by atoms with Gasteiger partial charge in [0, 0.05) is 31.4 Å². The largest absolute Gasteiger partial charge is 0.356 e. The summed E-state index contributed by atoms with van der Waals surface area (Å²) in [7, 11) is 0. The fourth-order valence-corrected chi connectivity index (χ4v) is 3.00. The summed E-state index contributed by atoms with van der Waals surface area (Å²) in [6.07, 6.45) is 8.76. The van der Waals surface area contributed by atoms with Gasteiger partial charge in [-0.05, 0) is 25.3 Å². The molecule has 1 aromatic rings. The highest BCUT2D eigenvalue weighted by Gasteiger charge is 2.27. The normalized spacial score (nSPS) is 20.6. The van der Waals surface area contributed by atoms with E-state index in [1.54, 1.807) is 6.20 Å². The third-order valence-electron chi connectivity index (χ3n) is 4.37. The quantitative estimate of drug-likeness (QED) is 0.664. The fraction of sp³-hybridized carbons (Fsp3) is 0.706. The molecule has 134 valence electrons. The Labute approximate surface area is 143 Å². The Hall–Kier alpha value is -2.05. The lowest BCUT2D eigenvalue weighted by Crippen LogP contribution is -2.47. The maximum atomic E-state index is 12.1. The van der Waals surface area contributed by atoms with Crippen LogP contribution in [0.5, 0.6) is 0 Å². The Balaban J connectivity index is 1.68. The molecule has 2 rings (SSSR count). The second-order valence-electron chi connectivity index (χ2n) is 6.64. The number of carbonyl (C=O) groups excluding carboxylic acids is 2. The molecule has 3 amide bonds. The van der Waals surface area contributed by atoms with Gasteiger partial charge in [0.15, 0.2) is 0 Å². The first-order valence-corrected chi connectivity index (χ1v) is 8.89. The van der Waals surface area contributed by atoms with Crippen molar-refractivity contribution in [3.05, 3.63) is 18.5 Å². The summed E-state index contributed by atoms with van der Waals surface area (Å²) in [6, 6.07) is 2.11. The monoisotopic (exact) mass is 335 g/mol. The minimum Gasteiger partial charge on any atom is -0.356 e. The maximum absolute atomic E-state index is 12.1. The molecule has 2 atom stereocenters. The highest BCUT2D eigenvalue weighted by molar-refractivity contribution is 5.77. The molecular weight excluding hydrogens is 306 g/mol. The van der Waals surface area contributed by atoms with Crippen LogP contribution in [0.3, 0.4) is 0 Å². The Bertz CT molecular complexity index is 515. The molecule has 7 heteroatoms. The molecule has 0 aliphatic heterocycles. The Morgan fingerprint density at radius 3 is 2.67 bits per heavy atom. The van der Waals surface area contributed by atoms with Crippen molar-refractivity contribution in [3.63, 3.8) is 0 Å². The van der Waals surface area contributed by atoms with Crippen LogP contribution in [0.15, 0.2) is 18.5 Å². The van der Waals surface area contributed by atoms with Crippen LogP contribution in [0.4, 0.5) is 4.79 Å². The van der Waals surface area contributed by atoms with Gasteiger partial charge >= 0.3 is 6.03 Å². The van der Waals surface area contributed by atoms with E-state index in [0.717, 1.165) is 25.7 Å². The van der Waals surface area contributed by atoms with Crippen LogP contribution in [-0.4, -0.2) is 40.9 Å². The van der Waals surface area contributed by atoms with E-state index in [-0.39, 0.29) is 29.9 Å². The first-order chi connectivity index (χ1) is 11.6. The van der Waals surface area contributed by atoms with Gasteiger partial charge in [0.05, 0.1) is 12.1 Å². The maximum Gasteiger partial charge on any atom is 0.315 e. The van der Waals surface area contributed by atoms with Crippen LogP contribution in [0.25, 0.3) is 0 Å². The molecule has 0 radical (unpaired) electrons. The van der Waals surface area contributed by atoms with Gasteiger partial charge in [-0.2, -0.15) is 5.10 Å². The van der Waals surface area contributed by atoms with Crippen molar-refractivity contribution in [1.82, 2.24) is 25.7 Å². The lowest BCUT2D eigenvalue weighted by molar-refractivity contribution is -0.123. The Morgan fingerprint density at radius 2 is 1.96 bits per heavy atom. The lowest BCUT2D eigenvalue weighted by atomic mass is 9.90. The van der Waals surface area contributed by atoms with Gasteiger partial charge in [-0.15, -0.1) is 0 Å². The highest BCUT2D eigenvalue weighted by atomic mass is 16.2. The van der Waals surface area contributed by atoms with Gasteiger partial charge in [-0.3, -0.25) is 9.48 Å². The van der Waals surface area contributed by atoms with Gasteiger partial charge in [0.1, 0.15) is 0 Å². The van der Waals surface area contributed by atoms with Crippen LogP contribution in [-0.2, 0) is 4.79 Å². The zero-order chi connectivity index (χ0) is 17.4. The molecular formula is C17H29N5O2. The standard InChI is InChI=1S/C17H29N5O2/c1-13(2)16(23)18-9-5-10-19-17(24)21-14-7-3-4-8-15(14)22-12-6-11-20-22/h6,11-15H,3-5,7-10H2,1-2H3,(H,18,23)(H2,19,21,24)/t14-,15-/m0/s1. The number of carbonyl (C=O) groups is 2. The predicted molar refractivity (Wildman–Crippen MR) is 92.5 cm³/mol. The van der Waals surface area contributed by atoms with Crippen molar-refractivity contribution < 1.29 is 9.59 Å². The van der Waals surface area contributed by atoms with Crippen molar-refractivity contribution in [2.75, 3.05) is 13.1 Å². The van der Waals surface area contributed by atoms with Gasteiger partial charge in [-0.1, -0.05) is 26.7 Å².